The predicted octanol–water partition coefficient (Wildman–Crippen LogP) is 3.05. The van der Waals surface area contributed by atoms with E-state index in [0.717, 1.165) is 32.2 Å². The minimum Gasteiger partial charge on any atom is -0.356 e. The summed E-state index contributed by atoms with van der Waals surface area (Å²) >= 11 is 0. The van der Waals surface area contributed by atoms with Crippen LogP contribution in [0.25, 0.3) is 0 Å². The van der Waals surface area contributed by atoms with Crippen LogP contribution in [0, 0.1) is 18.2 Å². The van der Waals surface area contributed by atoms with Gasteiger partial charge in [-0.1, -0.05) is 6.07 Å². The van der Waals surface area contributed by atoms with Gasteiger partial charge in [-0.25, -0.2) is 9.18 Å². The Bertz CT molecular complexity index is 639. The lowest BCUT2D eigenvalue weighted by molar-refractivity contribution is -0.121. The maximum absolute atomic E-state index is 13.6. The van der Waals surface area contributed by atoms with E-state index in [0.29, 0.717) is 30.8 Å². The molecule has 24 heavy (non-hydrogen) atoms. The van der Waals surface area contributed by atoms with E-state index in [-0.39, 0.29) is 23.2 Å². The molecular formula is C18H24FN3O2. The first kappa shape index (κ1) is 16.7. The maximum Gasteiger partial charge on any atom is 0.321 e. The number of piperidine rings is 1. The van der Waals surface area contributed by atoms with Crippen LogP contribution in [0.2, 0.25) is 0 Å². The molecule has 5 nitrogen and oxygen atoms in total. The highest BCUT2D eigenvalue weighted by Gasteiger charge is 2.37. The summed E-state index contributed by atoms with van der Waals surface area (Å²) in [5.74, 6) is -0.186. The van der Waals surface area contributed by atoms with Gasteiger partial charge >= 0.3 is 6.03 Å². The van der Waals surface area contributed by atoms with Crippen molar-refractivity contribution >= 4 is 17.6 Å². The van der Waals surface area contributed by atoms with E-state index in [1.54, 1.807) is 24.0 Å². The van der Waals surface area contributed by atoms with Gasteiger partial charge in [-0.15, -0.1) is 0 Å². The van der Waals surface area contributed by atoms with Gasteiger partial charge in [-0.2, -0.15) is 0 Å². The molecule has 0 bridgehead atoms. The number of hydrogen-bond donors (Lipinski definition) is 2. The summed E-state index contributed by atoms with van der Waals surface area (Å²) in [6.07, 6.45) is 4.29. The minimum absolute atomic E-state index is 0.133. The molecule has 130 valence electrons. The Morgan fingerprint density at radius 3 is 2.71 bits per heavy atom. The van der Waals surface area contributed by atoms with Crippen molar-refractivity contribution in [1.29, 1.82) is 0 Å². The molecule has 2 aliphatic rings. The Morgan fingerprint density at radius 2 is 2.00 bits per heavy atom. The summed E-state index contributed by atoms with van der Waals surface area (Å²) in [4.78, 5) is 25.7. The van der Waals surface area contributed by atoms with E-state index in [4.69, 9.17) is 0 Å². The average molecular weight is 333 g/mol. The average Bonchev–Trinajstić information content (AvgIpc) is 2.74. The second kappa shape index (κ2) is 6.79. The van der Waals surface area contributed by atoms with E-state index in [9.17, 15) is 14.0 Å². The van der Waals surface area contributed by atoms with Gasteiger partial charge in [-0.05, 0) is 55.7 Å². The maximum atomic E-state index is 13.6. The van der Waals surface area contributed by atoms with Gasteiger partial charge in [0.25, 0.3) is 0 Å². The summed E-state index contributed by atoms with van der Waals surface area (Å²) in [5.41, 5.74) is 1.21. The molecule has 0 aromatic heterocycles. The molecule has 1 spiro atoms. The Kier molecular flexibility index (Phi) is 4.73. The number of aryl methyl sites for hydroxylation is 1. The van der Waals surface area contributed by atoms with Crippen LogP contribution in [0.4, 0.5) is 14.9 Å². The van der Waals surface area contributed by atoms with Crippen LogP contribution in [-0.4, -0.2) is 36.5 Å². The number of carbonyl (C=O) groups is 2. The smallest absolute Gasteiger partial charge is 0.321 e. The number of likely N-dealkylation sites (tertiary alicyclic amines) is 1. The summed E-state index contributed by atoms with van der Waals surface area (Å²) in [6.45, 7) is 3.77. The highest BCUT2D eigenvalue weighted by molar-refractivity contribution is 5.89. The molecule has 0 saturated carbocycles. The van der Waals surface area contributed by atoms with Crippen molar-refractivity contribution in [2.24, 2.45) is 5.41 Å². The van der Waals surface area contributed by atoms with Gasteiger partial charge in [0, 0.05) is 31.7 Å². The molecule has 3 rings (SSSR count). The second-order valence-electron chi connectivity index (χ2n) is 6.98. The number of amides is 3. The summed E-state index contributed by atoms with van der Waals surface area (Å²) in [7, 11) is 0. The van der Waals surface area contributed by atoms with Crippen LogP contribution in [-0.2, 0) is 4.79 Å². The van der Waals surface area contributed by atoms with Crippen molar-refractivity contribution < 1.29 is 14.0 Å². The molecule has 0 atom stereocenters. The zero-order valence-electron chi connectivity index (χ0n) is 14.0. The molecule has 6 heteroatoms. The van der Waals surface area contributed by atoms with Crippen molar-refractivity contribution in [3.63, 3.8) is 0 Å². The molecule has 2 saturated heterocycles. The molecule has 0 unspecified atom stereocenters. The van der Waals surface area contributed by atoms with Crippen molar-refractivity contribution in [2.45, 2.75) is 39.0 Å². The van der Waals surface area contributed by atoms with Crippen LogP contribution in [0.1, 0.15) is 37.7 Å². The summed E-state index contributed by atoms with van der Waals surface area (Å²) in [6, 6.07) is 4.54. The molecule has 2 aliphatic heterocycles. The predicted molar refractivity (Wildman–Crippen MR) is 90.3 cm³/mol. The van der Waals surface area contributed by atoms with Crippen molar-refractivity contribution in [2.75, 3.05) is 25.0 Å². The van der Waals surface area contributed by atoms with Gasteiger partial charge in [0.05, 0.1) is 0 Å². The van der Waals surface area contributed by atoms with Gasteiger partial charge in [0.15, 0.2) is 0 Å². The molecule has 2 fully saturated rings. The first-order chi connectivity index (χ1) is 11.5. The summed E-state index contributed by atoms with van der Waals surface area (Å²) in [5, 5.41) is 5.70. The largest absolute Gasteiger partial charge is 0.356 e. The zero-order valence-corrected chi connectivity index (χ0v) is 14.0. The fraction of sp³-hybridized carbons (Fsp3) is 0.556. The topological polar surface area (TPSA) is 61.4 Å². The van der Waals surface area contributed by atoms with Gasteiger partial charge in [0.1, 0.15) is 5.82 Å². The normalized spacial score (nSPS) is 20.4. The van der Waals surface area contributed by atoms with Gasteiger partial charge < -0.3 is 15.5 Å². The van der Waals surface area contributed by atoms with E-state index in [1.807, 2.05) is 0 Å². The molecule has 1 aromatic carbocycles. The number of carbonyl (C=O) groups excluding carboxylic acids is 2. The van der Waals surface area contributed by atoms with E-state index in [2.05, 4.69) is 10.6 Å². The Hall–Kier alpha value is -2.11. The van der Waals surface area contributed by atoms with Crippen LogP contribution in [0.3, 0.4) is 0 Å². The number of nitrogens with zero attached hydrogens (tertiary/aromatic N) is 1. The third-order valence-corrected chi connectivity index (χ3v) is 5.39. The standard InChI is InChI=1S/C18H24FN3O2/c1-13-2-3-14(12-15(13)19)21-17(24)22-10-7-18(8-11-22)5-4-16(23)20-9-6-18/h2-3,12H,4-11H2,1H3,(H,20,23)(H,21,24). The quantitative estimate of drug-likeness (QED) is 0.830. The number of anilines is 1. The zero-order chi connectivity index (χ0) is 17.2. The molecule has 2 heterocycles. The number of hydrogen-bond acceptors (Lipinski definition) is 2. The number of nitrogens with one attached hydrogen (secondary N) is 2. The molecule has 0 radical (unpaired) electrons. The van der Waals surface area contributed by atoms with Gasteiger partial charge in [0.2, 0.25) is 5.91 Å². The fourth-order valence-corrected chi connectivity index (χ4v) is 3.62. The number of benzene rings is 1. The lowest BCUT2D eigenvalue weighted by Gasteiger charge is -2.41. The number of urea groups is 1. The first-order valence-corrected chi connectivity index (χ1v) is 8.56. The first-order valence-electron chi connectivity index (χ1n) is 8.56. The van der Waals surface area contributed by atoms with E-state index in [1.165, 1.54) is 6.07 Å². The summed E-state index contributed by atoms with van der Waals surface area (Å²) < 4.78 is 13.6. The van der Waals surface area contributed by atoms with Crippen LogP contribution < -0.4 is 10.6 Å². The number of halogens is 1. The lowest BCUT2D eigenvalue weighted by atomic mass is 9.73. The molecule has 0 aliphatic carbocycles. The molecular weight excluding hydrogens is 309 g/mol. The Balaban J connectivity index is 1.56. The fourth-order valence-electron chi connectivity index (χ4n) is 3.62. The Labute approximate surface area is 141 Å². The van der Waals surface area contributed by atoms with Crippen molar-refractivity contribution in [1.82, 2.24) is 10.2 Å². The van der Waals surface area contributed by atoms with Crippen molar-refractivity contribution in [3.8, 4) is 0 Å². The van der Waals surface area contributed by atoms with Crippen molar-refractivity contribution in [3.05, 3.63) is 29.6 Å². The molecule has 2 N–H and O–H groups in total. The molecule has 1 aromatic rings. The highest BCUT2D eigenvalue weighted by Crippen LogP contribution is 2.40. The van der Waals surface area contributed by atoms with E-state index >= 15 is 0 Å². The lowest BCUT2D eigenvalue weighted by Crippen LogP contribution is -2.45. The third-order valence-electron chi connectivity index (χ3n) is 5.39. The van der Waals surface area contributed by atoms with Gasteiger partial charge in [-0.3, -0.25) is 4.79 Å². The van der Waals surface area contributed by atoms with Crippen LogP contribution >= 0.6 is 0 Å². The SMILES string of the molecule is Cc1ccc(NC(=O)N2CCC3(CCNC(=O)CC3)CC2)cc1F. The van der Waals surface area contributed by atoms with Crippen LogP contribution in [0.5, 0.6) is 0 Å². The van der Waals surface area contributed by atoms with E-state index < -0.39 is 0 Å². The highest BCUT2D eigenvalue weighted by atomic mass is 19.1. The third kappa shape index (κ3) is 3.68. The monoisotopic (exact) mass is 333 g/mol. The number of rotatable bonds is 1. The molecule has 3 amide bonds. The second-order valence-corrected chi connectivity index (χ2v) is 6.98. The minimum atomic E-state index is -0.319. The Morgan fingerprint density at radius 1 is 1.25 bits per heavy atom. The van der Waals surface area contributed by atoms with Crippen LogP contribution in [0.15, 0.2) is 18.2 Å².